The normalized spacial score (nSPS) is 12.2. The summed E-state index contributed by atoms with van der Waals surface area (Å²) in [6.45, 7) is 0. The number of hydrogen-bond acceptors (Lipinski definition) is 2. The van der Waals surface area contributed by atoms with Gasteiger partial charge in [-0.1, -0.05) is 28.1 Å². The first kappa shape index (κ1) is 15.5. The molecule has 2 rings (SSSR count). The molecule has 0 amide bonds. The summed E-state index contributed by atoms with van der Waals surface area (Å²) in [7, 11) is 3.42. The number of rotatable bonds is 4. The molecule has 0 aromatic heterocycles. The summed E-state index contributed by atoms with van der Waals surface area (Å²) in [4.78, 5) is 0. The molecule has 20 heavy (non-hydrogen) atoms. The highest BCUT2D eigenvalue weighted by Gasteiger charge is 2.19. The maximum absolute atomic E-state index is 14.1. The highest BCUT2D eigenvalue weighted by atomic mass is 79.9. The molecule has 5 heteroatoms. The van der Waals surface area contributed by atoms with Crippen molar-refractivity contribution < 1.29 is 9.13 Å². The molecule has 0 bridgehead atoms. The van der Waals surface area contributed by atoms with E-state index in [1.165, 1.54) is 6.07 Å². The fraction of sp³-hybridized carbons (Fsp3) is 0.200. The molecule has 1 N–H and O–H groups in total. The predicted octanol–water partition coefficient (Wildman–Crippen LogP) is 4.67. The van der Waals surface area contributed by atoms with Gasteiger partial charge in [0.25, 0.3) is 0 Å². The van der Waals surface area contributed by atoms with Crippen molar-refractivity contribution in [3.63, 3.8) is 0 Å². The molecule has 0 aliphatic rings. The third-order valence-electron chi connectivity index (χ3n) is 3.09. The third kappa shape index (κ3) is 3.05. The van der Waals surface area contributed by atoms with Crippen LogP contribution >= 0.6 is 31.9 Å². The number of nitrogens with one attached hydrogen (secondary N) is 1. The average Bonchev–Trinajstić information content (AvgIpc) is 2.43. The molecule has 0 aliphatic heterocycles. The van der Waals surface area contributed by atoms with Crippen molar-refractivity contribution >= 4 is 31.9 Å². The summed E-state index contributed by atoms with van der Waals surface area (Å²) in [5, 5.41) is 3.15. The lowest BCUT2D eigenvalue weighted by atomic mass is 9.98. The average molecular weight is 403 g/mol. The van der Waals surface area contributed by atoms with Crippen molar-refractivity contribution in [2.45, 2.75) is 6.04 Å². The van der Waals surface area contributed by atoms with Crippen LogP contribution in [-0.4, -0.2) is 14.2 Å². The monoisotopic (exact) mass is 401 g/mol. The Kier molecular flexibility index (Phi) is 5.18. The zero-order chi connectivity index (χ0) is 14.7. The van der Waals surface area contributed by atoms with Crippen molar-refractivity contribution in [3.05, 3.63) is 62.3 Å². The highest BCUT2D eigenvalue weighted by molar-refractivity contribution is 9.10. The van der Waals surface area contributed by atoms with E-state index in [0.717, 1.165) is 20.3 Å². The Balaban J connectivity index is 2.50. The molecule has 2 aromatic rings. The van der Waals surface area contributed by atoms with E-state index in [1.54, 1.807) is 13.2 Å². The standard InChI is InChI=1S/C15H14Br2FNO/c1-19-15(14-10(16)4-3-5-12(14)18)9-6-7-13(20-2)11(17)8-9/h3-8,15,19H,1-2H3. The summed E-state index contributed by atoms with van der Waals surface area (Å²) >= 11 is 6.87. The van der Waals surface area contributed by atoms with E-state index in [2.05, 4.69) is 37.2 Å². The Morgan fingerprint density at radius 1 is 1.15 bits per heavy atom. The Morgan fingerprint density at radius 2 is 1.90 bits per heavy atom. The fourth-order valence-corrected chi connectivity index (χ4v) is 3.26. The quantitative estimate of drug-likeness (QED) is 0.802. The summed E-state index contributed by atoms with van der Waals surface area (Å²) in [5.74, 6) is 0.502. The van der Waals surface area contributed by atoms with Crippen molar-refractivity contribution in [1.82, 2.24) is 5.32 Å². The molecule has 0 saturated carbocycles. The molecule has 2 aromatic carbocycles. The molecule has 0 spiro atoms. The van der Waals surface area contributed by atoms with E-state index in [4.69, 9.17) is 4.74 Å². The van der Waals surface area contributed by atoms with Crippen molar-refractivity contribution in [3.8, 4) is 5.75 Å². The lowest BCUT2D eigenvalue weighted by molar-refractivity contribution is 0.412. The van der Waals surface area contributed by atoms with Gasteiger partial charge in [0.15, 0.2) is 0 Å². The van der Waals surface area contributed by atoms with E-state index in [-0.39, 0.29) is 11.9 Å². The van der Waals surface area contributed by atoms with Gasteiger partial charge in [-0.15, -0.1) is 0 Å². The molecule has 1 atom stereocenters. The summed E-state index contributed by atoms with van der Waals surface area (Å²) in [5.41, 5.74) is 1.54. The van der Waals surface area contributed by atoms with Gasteiger partial charge in [-0.2, -0.15) is 0 Å². The summed E-state index contributed by atoms with van der Waals surface area (Å²) in [6, 6.07) is 10.4. The first-order chi connectivity index (χ1) is 9.58. The van der Waals surface area contributed by atoms with E-state index in [1.807, 2.05) is 31.3 Å². The molecular weight excluding hydrogens is 389 g/mol. The van der Waals surface area contributed by atoms with Gasteiger partial charge in [-0.25, -0.2) is 4.39 Å². The van der Waals surface area contributed by atoms with Crippen LogP contribution in [0.2, 0.25) is 0 Å². The minimum absolute atomic E-state index is 0.243. The van der Waals surface area contributed by atoms with Crippen LogP contribution in [0.15, 0.2) is 45.3 Å². The van der Waals surface area contributed by atoms with Crippen LogP contribution in [0.5, 0.6) is 5.75 Å². The number of halogens is 3. The zero-order valence-electron chi connectivity index (χ0n) is 11.1. The van der Waals surface area contributed by atoms with Crippen LogP contribution in [0.4, 0.5) is 4.39 Å². The Bertz CT molecular complexity index is 599. The van der Waals surface area contributed by atoms with Crippen LogP contribution in [0.3, 0.4) is 0 Å². The van der Waals surface area contributed by atoms with Gasteiger partial charge in [0.1, 0.15) is 11.6 Å². The van der Waals surface area contributed by atoms with Gasteiger partial charge in [0.05, 0.1) is 17.6 Å². The third-order valence-corrected chi connectivity index (χ3v) is 4.40. The number of hydrogen-bond donors (Lipinski definition) is 1. The van der Waals surface area contributed by atoms with Crippen LogP contribution in [0.1, 0.15) is 17.2 Å². The second-order valence-electron chi connectivity index (χ2n) is 4.25. The molecule has 0 radical (unpaired) electrons. The van der Waals surface area contributed by atoms with Crippen LogP contribution in [0, 0.1) is 5.82 Å². The first-order valence-electron chi connectivity index (χ1n) is 6.03. The highest BCUT2D eigenvalue weighted by Crippen LogP contribution is 2.34. The van der Waals surface area contributed by atoms with Gasteiger partial charge in [0.2, 0.25) is 0 Å². The first-order valence-corrected chi connectivity index (χ1v) is 7.61. The molecule has 1 unspecified atom stereocenters. The van der Waals surface area contributed by atoms with Crippen molar-refractivity contribution in [2.75, 3.05) is 14.2 Å². The lowest BCUT2D eigenvalue weighted by Crippen LogP contribution is -2.19. The maximum atomic E-state index is 14.1. The Labute approximate surface area is 134 Å². The fourth-order valence-electron chi connectivity index (χ4n) is 2.13. The Hall–Kier alpha value is -0.910. The molecular formula is C15H14Br2FNO. The second kappa shape index (κ2) is 6.70. The molecule has 2 nitrogen and oxygen atoms in total. The lowest BCUT2D eigenvalue weighted by Gasteiger charge is -2.20. The topological polar surface area (TPSA) is 21.3 Å². The minimum atomic E-state index is -0.245. The van der Waals surface area contributed by atoms with E-state index >= 15 is 0 Å². The Morgan fingerprint density at radius 3 is 2.45 bits per heavy atom. The van der Waals surface area contributed by atoms with Gasteiger partial charge in [-0.05, 0) is 52.8 Å². The van der Waals surface area contributed by atoms with Crippen LogP contribution in [0.25, 0.3) is 0 Å². The summed E-state index contributed by atoms with van der Waals surface area (Å²) in [6.07, 6.45) is 0. The van der Waals surface area contributed by atoms with Gasteiger partial charge < -0.3 is 10.1 Å². The predicted molar refractivity (Wildman–Crippen MR) is 85.7 cm³/mol. The smallest absolute Gasteiger partial charge is 0.133 e. The van der Waals surface area contributed by atoms with Gasteiger partial charge in [-0.3, -0.25) is 0 Å². The summed E-state index contributed by atoms with van der Waals surface area (Å²) < 4.78 is 20.9. The van der Waals surface area contributed by atoms with E-state index < -0.39 is 0 Å². The van der Waals surface area contributed by atoms with Gasteiger partial charge in [0, 0.05) is 10.0 Å². The molecule has 0 fully saturated rings. The molecule has 0 heterocycles. The van der Waals surface area contributed by atoms with Crippen molar-refractivity contribution in [2.24, 2.45) is 0 Å². The van der Waals surface area contributed by atoms with Crippen LogP contribution < -0.4 is 10.1 Å². The number of methoxy groups -OCH3 is 1. The minimum Gasteiger partial charge on any atom is -0.496 e. The molecule has 0 aliphatic carbocycles. The number of ether oxygens (including phenoxy) is 1. The van der Waals surface area contributed by atoms with Gasteiger partial charge >= 0.3 is 0 Å². The largest absolute Gasteiger partial charge is 0.496 e. The second-order valence-corrected chi connectivity index (χ2v) is 5.96. The van der Waals surface area contributed by atoms with Crippen molar-refractivity contribution in [1.29, 1.82) is 0 Å². The maximum Gasteiger partial charge on any atom is 0.133 e. The molecule has 0 saturated heterocycles. The SMILES string of the molecule is CNC(c1ccc(OC)c(Br)c1)c1c(F)cccc1Br. The molecule has 106 valence electrons. The van der Waals surface area contributed by atoms with E-state index in [0.29, 0.717) is 5.56 Å². The number of benzene rings is 2. The zero-order valence-corrected chi connectivity index (χ0v) is 14.3. The van der Waals surface area contributed by atoms with Crippen LogP contribution in [-0.2, 0) is 0 Å². The van der Waals surface area contributed by atoms with E-state index in [9.17, 15) is 4.39 Å².